The summed E-state index contributed by atoms with van der Waals surface area (Å²) in [5.74, 6) is 0.462. The van der Waals surface area contributed by atoms with Crippen LogP contribution in [0.5, 0.6) is 5.75 Å². The van der Waals surface area contributed by atoms with Crippen molar-refractivity contribution in [2.24, 2.45) is 0 Å². The van der Waals surface area contributed by atoms with Crippen molar-refractivity contribution in [2.45, 2.75) is 38.0 Å². The molecule has 216 valence electrons. The smallest absolute Gasteiger partial charge is 0.264 e. The number of aromatic amines is 1. The van der Waals surface area contributed by atoms with Crippen LogP contribution in [0.3, 0.4) is 0 Å². The summed E-state index contributed by atoms with van der Waals surface area (Å²) in [7, 11) is -2.23. The lowest BCUT2D eigenvalue weighted by Crippen LogP contribution is -2.36. The first-order valence-corrected chi connectivity index (χ1v) is 15.6. The highest BCUT2D eigenvalue weighted by Gasteiger charge is 2.33. The number of fused-ring (bicyclic) bond motifs is 2. The fourth-order valence-corrected chi connectivity index (χ4v) is 7.64. The quantitative estimate of drug-likeness (QED) is 0.391. The van der Waals surface area contributed by atoms with Crippen LogP contribution in [-0.4, -0.2) is 70.7 Å². The number of carbonyl (C=O) groups excluding carboxylic acids is 1. The number of benzene rings is 2. The van der Waals surface area contributed by atoms with Crippen LogP contribution in [0.15, 0.2) is 41.3 Å². The number of morpholine rings is 1. The number of nitrogens with one attached hydrogen (secondary N) is 2. The SMILES string of the molecule is COc1ccc2c(c1)CCN2S(=O)(=O)c1ccc2c(c1)C(=Cc1[nH]c(C)c(CCCN3CCOCC3)c1C)C(=O)N2. The lowest BCUT2D eigenvalue weighted by atomic mass is 10.0. The molecule has 0 radical (unpaired) electrons. The van der Waals surface area contributed by atoms with E-state index in [0.717, 1.165) is 68.2 Å². The third kappa shape index (κ3) is 5.16. The van der Waals surface area contributed by atoms with Gasteiger partial charge in [-0.15, -0.1) is 0 Å². The number of carbonyl (C=O) groups is 1. The van der Waals surface area contributed by atoms with Crippen molar-refractivity contribution in [3.8, 4) is 5.75 Å². The Bertz CT molecular complexity index is 1640. The molecule has 0 saturated carbocycles. The molecule has 2 N–H and O–H groups in total. The van der Waals surface area contributed by atoms with E-state index >= 15 is 0 Å². The van der Waals surface area contributed by atoms with Crippen molar-refractivity contribution >= 4 is 39.0 Å². The van der Waals surface area contributed by atoms with Gasteiger partial charge in [0.15, 0.2) is 0 Å². The first-order valence-electron chi connectivity index (χ1n) is 14.1. The number of anilines is 2. The molecule has 3 aromatic rings. The molecule has 4 heterocycles. The third-order valence-electron chi connectivity index (χ3n) is 8.43. The Balaban J connectivity index is 1.26. The van der Waals surface area contributed by atoms with Gasteiger partial charge in [0.1, 0.15) is 5.75 Å². The van der Waals surface area contributed by atoms with Crippen LogP contribution in [0, 0.1) is 13.8 Å². The van der Waals surface area contributed by atoms with Crippen LogP contribution >= 0.6 is 0 Å². The van der Waals surface area contributed by atoms with E-state index in [1.54, 1.807) is 37.4 Å². The Morgan fingerprint density at radius 2 is 1.88 bits per heavy atom. The fraction of sp³-hybridized carbons (Fsp3) is 0.387. The molecule has 6 rings (SSSR count). The Morgan fingerprint density at radius 1 is 1.07 bits per heavy atom. The predicted molar refractivity (Wildman–Crippen MR) is 160 cm³/mol. The summed E-state index contributed by atoms with van der Waals surface area (Å²) in [5.41, 5.74) is 7.60. The van der Waals surface area contributed by atoms with E-state index in [2.05, 4.69) is 29.0 Å². The highest BCUT2D eigenvalue weighted by molar-refractivity contribution is 7.92. The number of sulfonamides is 1. The van der Waals surface area contributed by atoms with Crippen LogP contribution < -0.4 is 14.4 Å². The maximum atomic E-state index is 13.8. The maximum absolute atomic E-state index is 13.8. The van der Waals surface area contributed by atoms with Gasteiger partial charge in [0.05, 0.1) is 36.5 Å². The van der Waals surface area contributed by atoms with E-state index in [-0.39, 0.29) is 10.8 Å². The number of hydrogen-bond acceptors (Lipinski definition) is 6. The Morgan fingerprint density at radius 3 is 2.66 bits per heavy atom. The molecular weight excluding hydrogens is 540 g/mol. The molecule has 1 aromatic heterocycles. The van der Waals surface area contributed by atoms with E-state index in [9.17, 15) is 13.2 Å². The largest absolute Gasteiger partial charge is 0.497 e. The number of ether oxygens (including phenoxy) is 2. The van der Waals surface area contributed by atoms with Gasteiger partial charge in [-0.2, -0.15) is 0 Å². The van der Waals surface area contributed by atoms with Crippen LogP contribution in [0.1, 0.15) is 40.1 Å². The molecule has 1 amide bonds. The number of hydrogen-bond donors (Lipinski definition) is 2. The second kappa shape index (κ2) is 11.0. The topological polar surface area (TPSA) is 104 Å². The number of rotatable bonds is 8. The molecule has 0 spiro atoms. The van der Waals surface area contributed by atoms with Gasteiger partial charge < -0.3 is 19.8 Å². The molecular formula is C31H36N4O5S. The second-order valence-corrected chi connectivity index (χ2v) is 12.7. The summed E-state index contributed by atoms with van der Waals surface area (Å²) in [6.07, 6.45) is 4.46. The zero-order chi connectivity index (χ0) is 28.7. The molecule has 0 unspecified atom stereocenters. The van der Waals surface area contributed by atoms with Gasteiger partial charge in [-0.3, -0.25) is 14.0 Å². The van der Waals surface area contributed by atoms with Crippen molar-refractivity contribution in [3.63, 3.8) is 0 Å². The van der Waals surface area contributed by atoms with Gasteiger partial charge in [-0.05, 0) is 98.8 Å². The lowest BCUT2D eigenvalue weighted by molar-refractivity contribution is -0.110. The van der Waals surface area contributed by atoms with E-state index in [0.29, 0.717) is 41.2 Å². The molecule has 1 saturated heterocycles. The highest BCUT2D eigenvalue weighted by Crippen LogP contribution is 2.39. The minimum absolute atomic E-state index is 0.158. The van der Waals surface area contributed by atoms with Gasteiger partial charge in [0.2, 0.25) is 0 Å². The molecule has 3 aliphatic heterocycles. The maximum Gasteiger partial charge on any atom is 0.264 e. The summed E-state index contributed by atoms with van der Waals surface area (Å²) in [6, 6.07) is 10.3. The normalized spacial score (nSPS) is 18.1. The number of nitrogens with zero attached hydrogens (tertiary/aromatic N) is 2. The van der Waals surface area contributed by atoms with Gasteiger partial charge in [0, 0.05) is 42.3 Å². The molecule has 1 fully saturated rings. The minimum atomic E-state index is -3.83. The third-order valence-corrected chi connectivity index (χ3v) is 10.2. The second-order valence-electron chi connectivity index (χ2n) is 10.9. The monoisotopic (exact) mass is 576 g/mol. The molecule has 0 atom stereocenters. The lowest BCUT2D eigenvalue weighted by Gasteiger charge is -2.26. The molecule has 10 heteroatoms. The van der Waals surface area contributed by atoms with Crippen LogP contribution in [0.2, 0.25) is 0 Å². The molecule has 41 heavy (non-hydrogen) atoms. The van der Waals surface area contributed by atoms with Crippen molar-refractivity contribution in [1.82, 2.24) is 9.88 Å². The molecule has 3 aliphatic rings. The Hall–Kier alpha value is -3.60. The van der Waals surface area contributed by atoms with Crippen LogP contribution in [0.4, 0.5) is 11.4 Å². The van der Waals surface area contributed by atoms with Crippen molar-refractivity contribution < 1.29 is 22.7 Å². The summed E-state index contributed by atoms with van der Waals surface area (Å²) in [4.78, 5) is 19.1. The summed E-state index contributed by atoms with van der Waals surface area (Å²) in [5, 5.41) is 2.90. The highest BCUT2D eigenvalue weighted by atomic mass is 32.2. The average Bonchev–Trinajstić information content (AvgIpc) is 3.62. The average molecular weight is 577 g/mol. The Labute approximate surface area is 241 Å². The molecule has 0 aliphatic carbocycles. The number of amides is 1. The summed E-state index contributed by atoms with van der Waals surface area (Å²) in [6.45, 7) is 9.09. The van der Waals surface area contributed by atoms with Gasteiger partial charge in [-0.1, -0.05) is 0 Å². The first kappa shape index (κ1) is 27.6. The number of aryl methyl sites for hydroxylation is 1. The Kier molecular flexibility index (Phi) is 7.39. The zero-order valence-electron chi connectivity index (χ0n) is 23.7. The molecule has 2 aromatic carbocycles. The minimum Gasteiger partial charge on any atom is -0.497 e. The molecule has 9 nitrogen and oxygen atoms in total. The number of aromatic nitrogens is 1. The number of H-pyrrole nitrogens is 1. The van der Waals surface area contributed by atoms with Crippen molar-refractivity contribution in [2.75, 3.05) is 56.1 Å². The van der Waals surface area contributed by atoms with Crippen molar-refractivity contribution in [3.05, 3.63) is 70.0 Å². The zero-order valence-corrected chi connectivity index (χ0v) is 24.6. The van der Waals surface area contributed by atoms with Gasteiger partial charge in [0.25, 0.3) is 15.9 Å². The van der Waals surface area contributed by atoms with Crippen molar-refractivity contribution in [1.29, 1.82) is 0 Å². The van der Waals surface area contributed by atoms with E-state index < -0.39 is 10.0 Å². The van der Waals surface area contributed by atoms with E-state index in [1.165, 1.54) is 9.87 Å². The van der Waals surface area contributed by atoms with Crippen LogP contribution in [0.25, 0.3) is 11.6 Å². The fourth-order valence-electron chi connectivity index (χ4n) is 6.11. The summed E-state index contributed by atoms with van der Waals surface area (Å²) >= 11 is 0. The van der Waals surface area contributed by atoms with Crippen LogP contribution in [-0.2, 0) is 32.4 Å². The first-order chi connectivity index (χ1) is 19.8. The standard InChI is InChI=1S/C31H36N4O5S/c1-20-25(5-4-11-34-13-15-40-16-14-34)21(2)32-29(20)19-27-26-18-24(7-8-28(26)33-31(27)36)41(37,38)35-12-10-22-17-23(39-3)6-9-30(22)35/h6-9,17-19,32H,4-5,10-16H2,1-3H3,(H,33,36). The number of methoxy groups -OCH3 is 1. The summed E-state index contributed by atoms with van der Waals surface area (Å²) < 4.78 is 39.7. The predicted octanol–water partition coefficient (Wildman–Crippen LogP) is 4.15. The van der Waals surface area contributed by atoms with Gasteiger partial charge in [-0.25, -0.2) is 8.42 Å². The molecule has 0 bridgehead atoms. The van der Waals surface area contributed by atoms with E-state index in [1.807, 2.05) is 12.1 Å². The van der Waals surface area contributed by atoms with Gasteiger partial charge >= 0.3 is 0 Å². The van der Waals surface area contributed by atoms with E-state index in [4.69, 9.17) is 9.47 Å².